The maximum absolute atomic E-state index is 12.6. The van der Waals surface area contributed by atoms with Gasteiger partial charge in [0.25, 0.3) is 0 Å². The third kappa shape index (κ3) is 4.39. The molecule has 0 fully saturated rings. The van der Waals surface area contributed by atoms with Crippen LogP contribution in [0.4, 0.5) is 27.8 Å². The molecule has 0 atom stereocenters. The quantitative estimate of drug-likeness (QED) is 0.567. The van der Waals surface area contributed by atoms with E-state index in [1.165, 1.54) is 6.07 Å². The number of benzene rings is 1. The van der Waals surface area contributed by atoms with Crippen LogP contribution in [-0.2, 0) is 0 Å². The van der Waals surface area contributed by atoms with Crippen molar-refractivity contribution in [2.45, 2.75) is 17.0 Å². The minimum atomic E-state index is -4.71. The molecular weight excluding hydrogens is 414 g/mol. The van der Waals surface area contributed by atoms with Crippen LogP contribution in [0.3, 0.4) is 0 Å². The number of halogens is 7. The fourth-order valence-electron chi connectivity index (χ4n) is 1.79. The third-order valence-electron chi connectivity index (χ3n) is 2.63. The molecule has 2 aromatic rings. The molecule has 0 aliphatic carbocycles. The van der Waals surface area contributed by atoms with E-state index in [-0.39, 0.29) is 21.5 Å². The smallest absolute Gasteiger partial charge is 0.435 e. The van der Waals surface area contributed by atoms with Gasteiger partial charge in [-0.1, -0.05) is 23.2 Å². The molecule has 2 N–H and O–H groups in total. The van der Waals surface area contributed by atoms with Crippen molar-refractivity contribution in [3.05, 3.63) is 27.9 Å². The lowest BCUT2D eigenvalue weighted by Gasteiger charge is -2.12. The molecule has 1 aromatic heterocycles. The van der Waals surface area contributed by atoms with E-state index in [1.54, 1.807) is 0 Å². The van der Waals surface area contributed by atoms with Crippen LogP contribution >= 0.6 is 35.0 Å². The second-order valence-corrected chi connectivity index (χ2v) is 6.14. The highest BCUT2D eigenvalue weighted by atomic mass is 35.5. The van der Waals surface area contributed by atoms with Crippen LogP contribution < -0.4 is 10.5 Å². The first-order valence-electron chi connectivity index (χ1n) is 6.02. The fourth-order valence-corrected chi connectivity index (χ4v) is 3.03. The molecule has 0 aliphatic heterocycles. The Bertz CT molecular complexity index is 826. The molecule has 0 amide bonds. The second-order valence-electron chi connectivity index (χ2n) is 4.25. The van der Waals surface area contributed by atoms with Crippen LogP contribution in [-0.4, -0.2) is 21.9 Å². The SMILES string of the molecule is N#Cc1nn(-c2c(Cl)cc(OC(F)F)cc2Cl)c(N)c1SC(F)(F)F. The number of aromatic nitrogens is 2. The predicted molar refractivity (Wildman–Crippen MR) is 81.3 cm³/mol. The average Bonchev–Trinajstić information content (AvgIpc) is 2.73. The number of hydrogen-bond acceptors (Lipinski definition) is 5. The number of nitrogen functional groups attached to an aromatic ring is 1. The summed E-state index contributed by atoms with van der Waals surface area (Å²) in [5.41, 5.74) is 0.139. The Hall–Kier alpha value is -1.90. The second kappa shape index (κ2) is 7.15. The largest absolute Gasteiger partial charge is 0.446 e. The van der Waals surface area contributed by atoms with Gasteiger partial charge < -0.3 is 10.5 Å². The van der Waals surface area contributed by atoms with Gasteiger partial charge in [-0.25, -0.2) is 4.68 Å². The standard InChI is InChI=1S/C12H5Cl2F5N4OS/c13-5-1-4(24-11(15)16)2-6(14)8(5)23-10(21)9(7(3-20)22-23)25-12(17,18)19/h1-2,11H,21H2. The van der Waals surface area contributed by atoms with Crippen LogP contribution in [0, 0.1) is 11.3 Å². The Morgan fingerprint density at radius 3 is 2.28 bits per heavy atom. The Balaban J connectivity index is 2.58. The number of rotatable bonds is 4. The summed E-state index contributed by atoms with van der Waals surface area (Å²) in [5, 5.41) is 12.1. The zero-order valence-corrected chi connectivity index (χ0v) is 13.9. The zero-order valence-electron chi connectivity index (χ0n) is 11.6. The van der Waals surface area contributed by atoms with Crippen molar-refractivity contribution in [3.63, 3.8) is 0 Å². The van der Waals surface area contributed by atoms with Crippen molar-refractivity contribution in [3.8, 4) is 17.5 Å². The molecule has 1 aromatic carbocycles. The summed E-state index contributed by atoms with van der Waals surface area (Å²) in [5.74, 6) is -0.907. The molecule has 5 nitrogen and oxygen atoms in total. The molecule has 0 saturated carbocycles. The summed E-state index contributed by atoms with van der Waals surface area (Å²) < 4.78 is 67.2. The minimum absolute atomic E-state index is 0.187. The molecule has 0 aliphatic rings. The zero-order chi connectivity index (χ0) is 18.9. The summed E-state index contributed by atoms with van der Waals surface area (Å²) in [6.45, 7) is -3.13. The predicted octanol–water partition coefficient (Wildman–Crippen LogP) is 4.85. The average molecular weight is 419 g/mol. The third-order valence-corrected chi connectivity index (χ3v) is 4.04. The van der Waals surface area contributed by atoms with E-state index >= 15 is 0 Å². The molecule has 0 spiro atoms. The van der Waals surface area contributed by atoms with Crippen molar-refractivity contribution in [2.24, 2.45) is 0 Å². The monoisotopic (exact) mass is 418 g/mol. The van der Waals surface area contributed by atoms with Gasteiger partial charge in [0, 0.05) is 12.1 Å². The summed E-state index contributed by atoms with van der Waals surface area (Å²) in [4.78, 5) is -0.630. The molecule has 25 heavy (non-hydrogen) atoms. The molecule has 1 heterocycles. The van der Waals surface area contributed by atoms with Gasteiger partial charge in [-0.15, -0.1) is 0 Å². The van der Waals surface area contributed by atoms with Gasteiger partial charge in [0.1, 0.15) is 23.3 Å². The molecule has 13 heteroatoms. The maximum atomic E-state index is 12.6. The van der Waals surface area contributed by atoms with Crippen LogP contribution in [0.25, 0.3) is 5.69 Å². The first-order chi connectivity index (χ1) is 11.5. The van der Waals surface area contributed by atoms with Crippen molar-refractivity contribution in [1.82, 2.24) is 9.78 Å². The van der Waals surface area contributed by atoms with Crippen molar-refractivity contribution >= 4 is 40.8 Å². The van der Waals surface area contributed by atoms with Crippen LogP contribution in [0.15, 0.2) is 17.0 Å². The van der Waals surface area contributed by atoms with Gasteiger partial charge in [-0.05, 0) is 11.8 Å². The van der Waals surface area contributed by atoms with Crippen molar-refractivity contribution < 1.29 is 26.7 Å². The lowest BCUT2D eigenvalue weighted by molar-refractivity contribution is -0.0498. The lowest BCUT2D eigenvalue weighted by atomic mass is 10.3. The fraction of sp³-hybridized carbons (Fsp3) is 0.167. The lowest BCUT2D eigenvalue weighted by Crippen LogP contribution is -2.06. The van der Waals surface area contributed by atoms with Gasteiger partial charge in [-0.3, -0.25) is 0 Å². The Kier molecular flexibility index (Phi) is 5.55. The summed E-state index contributed by atoms with van der Waals surface area (Å²) in [6.07, 6.45) is 0. The highest BCUT2D eigenvalue weighted by Gasteiger charge is 2.34. The van der Waals surface area contributed by atoms with E-state index < -0.39 is 40.3 Å². The van der Waals surface area contributed by atoms with E-state index in [0.29, 0.717) is 0 Å². The van der Waals surface area contributed by atoms with Crippen molar-refractivity contribution in [1.29, 1.82) is 5.26 Å². The Morgan fingerprint density at radius 2 is 1.84 bits per heavy atom. The first-order valence-corrected chi connectivity index (χ1v) is 7.59. The van der Waals surface area contributed by atoms with E-state index in [4.69, 9.17) is 34.2 Å². The molecule has 0 saturated heterocycles. The van der Waals surface area contributed by atoms with Gasteiger partial charge in [0.05, 0.1) is 14.9 Å². The molecule has 2 rings (SSSR count). The highest BCUT2D eigenvalue weighted by Crippen LogP contribution is 2.43. The summed E-state index contributed by atoms with van der Waals surface area (Å²) in [6, 6.07) is 3.40. The van der Waals surface area contributed by atoms with E-state index in [1.807, 2.05) is 0 Å². The normalized spacial score (nSPS) is 11.6. The minimum Gasteiger partial charge on any atom is -0.435 e. The maximum Gasteiger partial charge on any atom is 0.446 e. The molecule has 0 unspecified atom stereocenters. The van der Waals surface area contributed by atoms with E-state index in [0.717, 1.165) is 16.8 Å². The first kappa shape index (κ1) is 19.4. The summed E-state index contributed by atoms with van der Waals surface area (Å²) in [7, 11) is 0. The number of hydrogen-bond donors (Lipinski definition) is 1. The molecule has 134 valence electrons. The number of ether oxygens (including phenoxy) is 1. The van der Waals surface area contributed by atoms with Crippen LogP contribution in [0.1, 0.15) is 5.69 Å². The van der Waals surface area contributed by atoms with Gasteiger partial charge in [-0.2, -0.15) is 32.3 Å². The Labute approximate surface area is 151 Å². The van der Waals surface area contributed by atoms with E-state index in [9.17, 15) is 22.0 Å². The number of anilines is 1. The van der Waals surface area contributed by atoms with Gasteiger partial charge in [0.2, 0.25) is 0 Å². The number of nitrogens with two attached hydrogens (primary N) is 1. The van der Waals surface area contributed by atoms with Gasteiger partial charge >= 0.3 is 12.1 Å². The molecule has 0 radical (unpaired) electrons. The topological polar surface area (TPSA) is 76.9 Å². The van der Waals surface area contributed by atoms with E-state index in [2.05, 4.69) is 9.84 Å². The summed E-state index contributed by atoms with van der Waals surface area (Å²) >= 11 is 11.2. The highest BCUT2D eigenvalue weighted by molar-refractivity contribution is 8.00. The molecular formula is C12H5Cl2F5N4OS. The number of alkyl halides is 5. The number of nitriles is 1. The number of nitrogens with zero attached hydrogens (tertiary/aromatic N) is 3. The Morgan fingerprint density at radius 1 is 1.28 bits per heavy atom. The van der Waals surface area contributed by atoms with Gasteiger partial charge in [0.15, 0.2) is 5.69 Å². The van der Waals surface area contributed by atoms with Crippen LogP contribution in [0.5, 0.6) is 5.75 Å². The number of thioether (sulfide) groups is 1. The van der Waals surface area contributed by atoms with Crippen LogP contribution in [0.2, 0.25) is 10.0 Å². The van der Waals surface area contributed by atoms with Crippen molar-refractivity contribution in [2.75, 3.05) is 5.73 Å². The molecule has 0 bridgehead atoms.